The van der Waals surface area contributed by atoms with Crippen LogP contribution in [0.15, 0.2) is 17.5 Å². The van der Waals surface area contributed by atoms with E-state index in [2.05, 4.69) is 46.9 Å². The van der Waals surface area contributed by atoms with E-state index in [9.17, 15) is 0 Å². The number of nitrogens with zero attached hydrogens (tertiary/aromatic N) is 2. The summed E-state index contributed by atoms with van der Waals surface area (Å²) in [5.41, 5.74) is 0. The highest BCUT2D eigenvalue weighted by Crippen LogP contribution is 2.23. The summed E-state index contributed by atoms with van der Waals surface area (Å²) < 4.78 is 0. The molecule has 0 aliphatic rings. The Morgan fingerprint density at radius 1 is 1.33 bits per heavy atom. The van der Waals surface area contributed by atoms with Crippen molar-refractivity contribution in [3.05, 3.63) is 32.4 Å². The van der Waals surface area contributed by atoms with E-state index in [4.69, 9.17) is 0 Å². The lowest BCUT2D eigenvalue weighted by atomic mass is 10.2. The fourth-order valence-electron chi connectivity index (χ4n) is 1.77. The van der Waals surface area contributed by atoms with Crippen LogP contribution in [0.4, 0.5) is 0 Å². The van der Waals surface area contributed by atoms with Gasteiger partial charge in [-0.15, -0.1) is 21.5 Å². The second kappa shape index (κ2) is 6.97. The SMILES string of the molecule is CCCNC(CC)c1nnc(Cc2cccs2)s1. The van der Waals surface area contributed by atoms with Crippen LogP contribution in [0.25, 0.3) is 0 Å². The average molecular weight is 281 g/mol. The zero-order chi connectivity index (χ0) is 12.8. The topological polar surface area (TPSA) is 37.8 Å². The van der Waals surface area contributed by atoms with Crippen molar-refractivity contribution in [1.82, 2.24) is 15.5 Å². The first kappa shape index (κ1) is 13.6. The largest absolute Gasteiger partial charge is 0.308 e. The van der Waals surface area contributed by atoms with Gasteiger partial charge in [-0.2, -0.15) is 0 Å². The lowest BCUT2D eigenvalue weighted by molar-refractivity contribution is 0.513. The number of nitrogens with one attached hydrogen (secondary N) is 1. The van der Waals surface area contributed by atoms with Crippen LogP contribution >= 0.6 is 22.7 Å². The van der Waals surface area contributed by atoms with Crippen molar-refractivity contribution >= 4 is 22.7 Å². The molecule has 0 fully saturated rings. The molecule has 0 saturated carbocycles. The molecule has 3 nitrogen and oxygen atoms in total. The van der Waals surface area contributed by atoms with Gasteiger partial charge in [0.15, 0.2) is 0 Å². The molecule has 18 heavy (non-hydrogen) atoms. The molecule has 2 aromatic heterocycles. The zero-order valence-electron chi connectivity index (χ0n) is 10.8. The fourth-order valence-corrected chi connectivity index (χ4v) is 3.59. The molecule has 1 N–H and O–H groups in total. The molecule has 2 aromatic rings. The van der Waals surface area contributed by atoms with Crippen LogP contribution in [0.1, 0.15) is 47.6 Å². The van der Waals surface area contributed by atoms with Gasteiger partial charge in [0.25, 0.3) is 0 Å². The van der Waals surface area contributed by atoms with Crippen LogP contribution in [0.5, 0.6) is 0 Å². The molecule has 98 valence electrons. The van der Waals surface area contributed by atoms with Crippen LogP contribution < -0.4 is 5.32 Å². The molecule has 1 atom stereocenters. The number of rotatable bonds is 7. The van der Waals surface area contributed by atoms with E-state index < -0.39 is 0 Å². The maximum absolute atomic E-state index is 4.33. The molecule has 0 aromatic carbocycles. The van der Waals surface area contributed by atoms with E-state index in [-0.39, 0.29) is 0 Å². The van der Waals surface area contributed by atoms with Crippen molar-refractivity contribution in [2.45, 2.75) is 39.2 Å². The number of hydrogen-bond donors (Lipinski definition) is 1. The van der Waals surface area contributed by atoms with E-state index in [0.717, 1.165) is 35.8 Å². The third-order valence-corrected chi connectivity index (χ3v) is 4.65. The molecule has 2 heterocycles. The van der Waals surface area contributed by atoms with Crippen molar-refractivity contribution in [1.29, 1.82) is 0 Å². The second-order valence-corrected chi connectivity index (χ2v) is 6.33. The van der Waals surface area contributed by atoms with E-state index >= 15 is 0 Å². The van der Waals surface area contributed by atoms with Crippen molar-refractivity contribution in [2.24, 2.45) is 0 Å². The molecule has 0 spiro atoms. The van der Waals surface area contributed by atoms with Crippen molar-refractivity contribution in [2.75, 3.05) is 6.54 Å². The van der Waals surface area contributed by atoms with E-state index in [0.29, 0.717) is 6.04 Å². The monoisotopic (exact) mass is 281 g/mol. The minimum Gasteiger partial charge on any atom is -0.308 e. The van der Waals surface area contributed by atoms with Crippen LogP contribution in [0.3, 0.4) is 0 Å². The molecule has 2 rings (SSSR count). The summed E-state index contributed by atoms with van der Waals surface area (Å²) in [5.74, 6) is 0. The zero-order valence-corrected chi connectivity index (χ0v) is 12.5. The first-order valence-electron chi connectivity index (χ1n) is 6.41. The molecule has 0 aliphatic heterocycles. The van der Waals surface area contributed by atoms with E-state index in [1.54, 1.807) is 22.7 Å². The molecular formula is C13H19N3S2. The first-order chi connectivity index (χ1) is 8.83. The Morgan fingerprint density at radius 3 is 2.89 bits per heavy atom. The standard InChI is InChI=1S/C13H19N3S2/c1-3-7-14-11(4-2)13-16-15-12(18-13)9-10-6-5-8-17-10/h5-6,8,11,14H,3-4,7,9H2,1-2H3. The highest BCUT2D eigenvalue weighted by Gasteiger charge is 2.14. The average Bonchev–Trinajstić information content (AvgIpc) is 3.03. The summed E-state index contributed by atoms with van der Waals surface area (Å²) in [6.45, 7) is 5.41. The third-order valence-electron chi connectivity index (χ3n) is 2.74. The fraction of sp³-hybridized carbons (Fsp3) is 0.538. The van der Waals surface area contributed by atoms with Gasteiger partial charge in [-0.25, -0.2) is 0 Å². The van der Waals surface area contributed by atoms with Crippen molar-refractivity contribution < 1.29 is 0 Å². The number of thiophene rings is 1. The van der Waals surface area contributed by atoms with Gasteiger partial charge in [0.05, 0.1) is 6.04 Å². The predicted molar refractivity (Wildman–Crippen MR) is 78.4 cm³/mol. The molecule has 0 amide bonds. The molecular weight excluding hydrogens is 262 g/mol. The van der Waals surface area contributed by atoms with Gasteiger partial charge in [0.2, 0.25) is 0 Å². The summed E-state index contributed by atoms with van der Waals surface area (Å²) in [6.07, 6.45) is 3.13. The summed E-state index contributed by atoms with van der Waals surface area (Å²) in [4.78, 5) is 1.35. The summed E-state index contributed by atoms with van der Waals surface area (Å²) in [5, 5.41) is 16.5. The minimum atomic E-state index is 0.361. The lowest BCUT2D eigenvalue weighted by Crippen LogP contribution is -2.21. The maximum atomic E-state index is 4.33. The van der Waals surface area contributed by atoms with Gasteiger partial charge in [-0.3, -0.25) is 0 Å². The second-order valence-electron chi connectivity index (χ2n) is 4.21. The minimum absolute atomic E-state index is 0.361. The lowest BCUT2D eigenvalue weighted by Gasteiger charge is -2.12. The molecule has 0 bridgehead atoms. The van der Waals surface area contributed by atoms with Crippen LogP contribution in [-0.4, -0.2) is 16.7 Å². The first-order valence-corrected chi connectivity index (χ1v) is 8.11. The predicted octanol–water partition coefficient (Wildman–Crippen LogP) is 3.64. The number of aromatic nitrogens is 2. The van der Waals surface area contributed by atoms with Gasteiger partial charge in [-0.05, 0) is 30.8 Å². The summed E-state index contributed by atoms with van der Waals surface area (Å²) >= 11 is 3.51. The van der Waals surface area contributed by atoms with Gasteiger partial charge >= 0.3 is 0 Å². The van der Waals surface area contributed by atoms with E-state index in [1.165, 1.54) is 4.88 Å². The Morgan fingerprint density at radius 2 is 2.22 bits per heavy atom. The summed E-state index contributed by atoms with van der Waals surface area (Å²) in [7, 11) is 0. The van der Waals surface area contributed by atoms with Crippen LogP contribution in [0.2, 0.25) is 0 Å². The van der Waals surface area contributed by atoms with Gasteiger partial charge in [-0.1, -0.05) is 31.3 Å². The van der Waals surface area contributed by atoms with Gasteiger partial charge < -0.3 is 5.32 Å². The van der Waals surface area contributed by atoms with Crippen LogP contribution in [-0.2, 0) is 6.42 Å². The quantitative estimate of drug-likeness (QED) is 0.842. The Labute approximate surface area is 116 Å². The summed E-state index contributed by atoms with van der Waals surface area (Å²) in [6, 6.07) is 4.59. The Kier molecular flexibility index (Phi) is 5.28. The van der Waals surface area contributed by atoms with Crippen LogP contribution in [0, 0.1) is 0 Å². The molecule has 0 saturated heterocycles. The Balaban J connectivity index is 1.99. The Hall–Kier alpha value is -0.780. The normalized spacial score (nSPS) is 12.8. The maximum Gasteiger partial charge on any atom is 0.134 e. The molecule has 0 radical (unpaired) electrons. The third kappa shape index (κ3) is 3.60. The van der Waals surface area contributed by atoms with Crippen molar-refractivity contribution in [3.8, 4) is 0 Å². The van der Waals surface area contributed by atoms with Crippen molar-refractivity contribution in [3.63, 3.8) is 0 Å². The van der Waals surface area contributed by atoms with Gasteiger partial charge in [0, 0.05) is 11.3 Å². The highest BCUT2D eigenvalue weighted by atomic mass is 32.1. The smallest absolute Gasteiger partial charge is 0.134 e. The van der Waals surface area contributed by atoms with E-state index in [1.807, 2.05) is 0 Å². The molecule has 0 aliphatic carbocycles. The highest BCUT2D eigenvalue weighted by molar-refractivity contribution is 7.12. The molecule has 1 unspecified atom stereocenters. The number of hydrogen-bond acceptors (Lipinski definition) is 5. The molecule has 5 heteroatoms. The Bertz CT molecular complexity index is 451. The van der Waals surface area contributed by atoms with Gasteiger partial charge in [0.1, 0.15) is 10.0 Å².